The fourth-order valence-electron chi connectivity index (χ4n) is 3.96. The summed E-state index contributed by atoms with van der Waals surface area (Å²) in [5.74, 6) is 0.0928. The summed E-state index contributed by atoms with van der Waals surface area (Å²) in [5, 5.41) is 17.3. The highest BCUT2D eigenvalue weighted by Crippen LogP contribution is 2.38. The second kappa shape index (κ2) is 9.65. The van der Waals surface area contributed by atoms with Gasteiger partial charge in [0.2, 0.25) is 5.95 Å². The van der Waals surface area contributed by atoms with E-state index < -0.39 is 12.0 Å². The molecule has 1 N–H and O–H groups in total. The average Bonchev–Trinajstić information content (AvgIpc) is 3.31. The molecule has 0 fully saturated rings. The van der Waals surface area contributed by atoms with Crippen molar-refractivity contribution >= 4 is 22.7 Å². The second-order valence-corrected chi connectivity index (χ2v) is 7.64. The number of benzene rings is 3. The third-order valence-electron chi connectivity index (χ3n) is 5.54. The van der Waals surface area contributed by atoms with Gasteiger partial charge in [-0.05, 0) is 46.2 Å². The highest BCUT2D eigenvalue weighted by atomic mass is 16.5. The lowest BCUT2D eigenvalue weighted by Crippen LogP contribution is -2.29. The smallest absolute Gasteiger partial charge is 0.338 e. The lowest BCUT2D eigenvalue weighted by atomic mass is 9.91. The molecule has 0 spiro atoms. The monoisotopic (exact) mass is 443 g/mol. The quantitative estimate of drug-likeness (QED) is 0.423. The number of allylic oxidation sites excluding steroid dienone is 1. The molecular weight excluding hydrogens is 414 g/mol. The summed E-state index contributed by atoms with van der Waals surface area (Å²) >= 11 is 0. The van der Waals surface area contributed by atoms with Crippen LogP contribution in [0.25, 0.3) is 10.8 Å². The molecule has 1 atom stereocenters. The molecule has 1 aromatic heterocycles. The largest absolute Gasteiger partial charge is 0.457 e. The van der Waals surface area contributed by atoms with Crippen molar-refractivity contribution < 1.29 is 11.0 Å². The number of carbonyl (C=O) groups excluding carboxylic acids is 1. The van der Waals surface area contributed by atoms with E-state index in [1.807, 2.05) is 94.4 Å². The lowest BCUT2D eigenvalue weighted by molar-refractivity contribution is -0.140. The molecule has 1 unspecified atom stereocenters. The zero-order valence-electron chi connectivity index (χ0n) is 19.2. The van der Waals surface area contributed by atoms with Gasteiger partial charge < -0.3 is 10.1 Å². The van der Waals surface area contributed by atoms with Crippen molar-refractivity contribution in [2.75, 3.05) is 5.32 Å². The van der Waals surface area contributed by atoms with Crippen molar-refractivity contribution in [3.05, 3.63) is 94.7 Å². The van der Waals surface area contributed by atoms with Crippen LogP contribution in [0.1, 0.15) is 44.9 Å². The zero-order chi connectivity index (χ0) is 23.4. The summed E-state index contributed by atoms with van der Waals surface area (Å²) in [7, 11) is 0. The van der Waals surface area contributed by atoms with Crippen molar-refractivity contribution in [3.63, 3.8) is 0 Å². The van der Waals surface area contributed by atoms with Crippen molar-refractivity contribution in [1.82, 2.24) is 20.2 Å². The summed E-state index contributed by atoms with van der Waals surface area (Å²) < 4.78 is 7.35. The van der Waals surface area contributed by atoms with E-state index in [4.69, 9.17) is 4.74 Å². The van der Waals surface area contributed by atoms with Crippen molar-refractivity contribution in [1.29, 1.82) is 0 Å². The van der Waals surface area contributed by atoms with E-state index in [0.717, 1.165) is 27.5 Å². The Hall–Kier alpha value is -4.00. The first-order valence-electron chi connectivity index (χ1n) is 11.1. The van der Waals surface area contributed by atoms with Crippen LogP contribution in [0.2, 0.25) is 0 Å². The van der Waals surface area contributed by atoms with E-state index in [-0.39, 0.29) is 8.03 Å². The van der Waals surface area contributed by atoms with Gasteiger partial charge in [-0.3, -0.25) is 0 Å². The van der Waals surface area contributed by atoms with E-state index in [2.05, 4.69) is 20.8 Å². The SMILES string of the molecule is CC.CC1=C(C(=O)OCc2ccc(C)cc2)C(c2cccc3ccccc23)n2nnnc2N1.[HH]. The molecule has 0 amide bonds. The molecule has 1 aliphatic heterocycles. The number of aromatic nitrogens is 4. The van der Waals surface area contributed by atoms with Crippen LogP contribution < -0.4 is 5.32 Å². The molecule has 0 aliphatic carbocycles. The van der Waals surface area contributed by atoms with Crippen LogP contribution in [0.5, 0.6) is 0 Å². The first-order valence-corrected chi connectivity index (χ1v) is 11.1. The number of hydrogen-bond donors (Lipinski definition) is 1. The third kappa shape index (κ3) is 4.35. The highest BCUT2D eigenvalue weighted by molar-refractivity contribution is 5.95. The Kier molecular flexibility index (Phi) is 6.49. The molecule has 7 nitrogen and oxygen atoms in total. The summed E-state index contributed by atoms with van der Waals surface area (Å²) in [5.41, 5.74) is 4.20. The zero-order valence-corrected chi connectivity index (χ0v) is 19.2. The maximum Gasteiger partial charge on any atom is 0.338 e. The topological polar surface area (TPSA) is 81.9 Å². The molecule has 0 saturated carbocycles. The fraction of sp³-hybridized carbons (Fsp3) is 0.231. The number of esters is 1. The van der Waals surface area contributed by atoms with E-state index >= 15 is 0 Å². The summed E-state index contributed by atoms with van der Waals surface area (Å²) in [6.45, 7) is 8.07. The van der Waals surface area contributed by atoms with Gasteiger partial charge in [0.05, 0.1) is 5.57 Å². The normalized spacial score (nSPS) is 14.7. The minimum Gasteiger partial charge on any atom is -0.457 e. The Morgan fingerprint density at radius 2 is 1.76 bits per heavy atom. The maximum atomic E-state index is 13.3. The maximum absolute atomic E-state index is 13.3. The Morgan fingerprint density at radius 1 is 1.03 bits per heavy atom. The molecule has 170 valence electrons. The Labute approximate surface area is 194 Å². The van der Waals surface area contributed by atoms with Gasteiger partial charge in [0.25, 0.3) is 0 Å². The van der Waals surface area contributed by atoms with E-state index in [1.165, 1.54) is 0 Å². The van der Waals surface area contributed by atoms with Crippen LogP contribution in [0.4, 0.5) is 5.95 Å². The molecule has 0 bridgehead atoms. The number of rotatable bonds is 4. The number of nitrogens with one attached hydrogen (secondary N) is 1. The number of hydrogen-bond acceptors (Lipinski definition) is 6. The first kappa shape index (κ1) is 22.2. The number of fused-ring (bicyclic) bond motifs is 2. The molecule has 0 radical (unpaired) electrons. The number of ether oxygens (including phenoxy) is 1. The predicted octanol–water partition coefficient (Wildman–Crippen LogP) is 5.44. The van der Waals surface area contributed by atoms with Crippen LogP contribution in [-0.4, -0.2) is 26.2 Å². The van der Waals surface area contributed by atoms with Gasteiger partial charge in [-0.15, -0.1) is 0 Å². The van der Waals surface area contributed by atoms with Crippen molar-refractivity contribution in [3.8, 4) is 0 Å². The minimum absolute atomic E-state index is 0. The molecule has 5 rings (SSSR count). The molecule has 1 aliphatic rings. The van der Waals surface area contributed by atoms with E-state index in [1.54, 1.807) is 4.68 Å². The van der Waals surface area contributed by atoms with Gasteiger partial charge in [0, 0.05) is 7.12 Å². The van der Waals surface area contributed by atoms with Crippen LogP contribution in [0.15, 0.2) is 78.0 Å². The van der Waals surface area contributed by atoms with Gasteiger partial charge in [-0.25, -0.2) is 4.79 Å². The summed E-state index contributed by atoms with van der Waals surface area (Å²) in [6.07, 6.45) is 0. The van der Waals surface area contributed by atoms with Gasteiger partial charge in [0.15, 0.2) is 0 Å². The Balaban J connectivity index is 0.00000105. The highest BCUT2D eigenvalue weighted by Gasteiger charge is 2.35. The van der Waals surface area contributed by atoms with Crippen molar-refractivity contribution in [2.45, 2.75) is 40.3 Å². The Bertz CT molecular complexity index is 1310. The molecule has 0 saturated heterocycles. The number of nitrogens with zero attached hydrogens (tertiary/aromatic N) is 4. The standard InChI is InChI=1S/C24H21N5O2.C2H6.H2/c1-15-10-12-17(13-11-15)14-31-23(30)21-16(2)25-24-26-27-28-29(24)22(21)20-9-5-7-18-6-3-4-8-19(18)20;1-2;/h3-13,22H,14H2,1-2H3,(H,25,26,28);1-2H3;1H. The van der Waals surface area contributed by atoms with Gasteiger partial charge in [0.1, 0.15) is 12.6 Å². The van der Waals surface area contributed by atoms with Crippen LogP contribution in [-0.2, 0) is 16.1 Å². The summed E-state index contributed by atoms with van der Waals surface area (Å²) in [4.78, 5) is 13.3. The third-order valence-corrected chi connectivity index (χ3v) is 5.54. The molecule has 3 aromatic carbocycles. The Morgan fingerprint density at radius 3 is 2.55 bits per heavy atom. The first-order chi connectivity index (χ1) is 16.1. The van der Waals surface area contributed by atoms with Gasteiger partial charge in [-0.1, -0.05) is 91.2 Å². The van der Waals surface area contributed by atoms with Crippen LogP contribution in [0, 0.1) is 6.92 Å². The van der Waals surface area contributed by atoms with Gasteiger partial charge in [-0.2, -0.15) is 4.68 Å². The van der Waals surface area contributed by atoms with E-state index in [0.29, 0.717) is 17.2 Å². The predicted molar refractivity (Wildman–Crippen MR) is 131 cm³/mol. The molecule has 7 heteroatoms. The number of tetrazole rings is 1. The minimum atomic E-state index is -0.497. The summed E-state index contributed by atoms with van der Waals surface area (Å²) in [6, 6.07) is 21.5. The van der Waals surface area contributed by atoms with E-state index in [9.17, 15) is 4.79 Å². The van der Waals surface area contributed by atoms with Gasteiger partial charge >= 0.3 is 5.97 Å². The van der Waals surface area contributed by atoms with Crippen LogP contribution >= 0.6 is 0 Å². The number of carbonyl (C=O) groups is 1. The number of anilines is 1. The lowest BCUT2D eigenvalue weighted by Gasteiger charge is -2.28. The molecule has 4 aromatic rings. The molecule has 33 heavy (non-hydrogen) atoms. The van der Waals surface area contributed by atoms with Crippen molar-refractivity contribution in [2.24, 2.45) is 0 Å². The molecule has 2 heterocycles. The average molecular weight is 444 g/mol. The molecular formula is C26H29N5O2. The number of aryl methyl sites for hydroxylation is 1. The fourth-order valence-corrected chi connectivity index (χ4v) is 3.96. The van der Waals surface area contributed by atoms with Crippen LogP contribution in [0.3, 0.4) is 0 Å². The second-order valence-electron chi connectivity index (χ2n) is 7.64.